The molecule has 4 N–H and O–H groups in total. The molecule has 2 rings (SSSR count). The average molecular weight is 462 g/mol. The molecule has 0 saturated carbocycles. The van der Waals surface area contributed by atoms with Gasteiger partial charge in [-0.1, -0.05) is 24.3 Å². The summed E-state index contributed by atoms with van der Waals surface area (Å²) in [4.78, 5) is 23.5. The minimum Gasteiger partial charge on any atom is -0.447 e. The molecule has 2 amide bonds. The molecule has 0 atom stereocenters. The molecule has 0 saturated heterocycles. The Hall–Kier alpha value is -3.18. The second-order valence-electron chi connectivity index (χ2n) is 6.76. The molecule has 33 heavy (non-hydrogen) atoms. The van der Waals surface area contributed by atoms with Gasteiger partial charge < -0.3 is 29.2 Å². The summed E-state index contributed by atoms with van der Waals surface area (Å²) in [5, 5.41) is 22.5. The van der Waals surface area contributed by atoms with Crippen molar-refractivity contribution in [2.75, 3.05) is 63.5 Å². The Balaban J connectivity index is 1.71. The summed E-state index contributed by atoms with van der Waals surface area (Å²) in [6, 6.07) is 14.8. The number of rotatable bonds is 14. The van der Waals surface area contributed by atoms with Gasteiger partial charge in [-0.3, -0.25) is 10.6 Å². The number of carbonyl (C=O) groups excluding carboxylic acids is 2. The molecule has 10 nitrogen and oxygen atoms in total. The van der Waals surface area contributed by atoms with Crippen LogP contribution in [0.1, 0.15) is 11.1 Å². The first-order valence-electron chi connectivity index (χ1n) is 10.5. The zero-order valence-electron chi connectivity index (χ0n) is 18.3. The number of anilines is 2. The third kappa shape index (κ3) is 11.3. The van der Waals surface area contributed by atoms with Crippen LogP contribution in [0.4, 0.5) is 21.0 Å². The van der Waals surface area contributed by atoms with Crippen molar-refractivity contribution >= 4 is 23.6 Å². The van der Waals surface area contributed by atoms with Crippen LogP contribution in [0.15, 0.2) is 48.5 Å². The zero-order chi connectivity index (χ0) is 23.7. The minimum absolute atomic E-state index is 0.0717. The molecule has 0 unspecified atom stereocenters. The quantitative estimate of drug-likeness (QED) is 0.314. The summed E-state index contributed by atoms with van der Waals surface area (Å²) in [6.45, 7) is 0.930. The fourth-order valence-corrected chi connectivity index (χ4v) is 2.68. The first-order valence-corrected chi connectivity index (χ1v) is 10.5. The molecule has 2 aromatic rings. The highest BCUT2D eigenvalue weighted by Gasteiger charge is 2.05. The SMILES string of the molecule is O=C(Nc1ccc(Cc2ccc(NC(=O)OCCOCCO)cc2)cc1)OCCOCCO. The Morgan fingerprint density at radius 2 is 1.00 bits per heavy atom. The van der Waals surface area contributed by atoms with Gasteiger partial charge in [0.2, 0.25) is 0 Å². The fourth-order valence-electron chi connectivity index (χ4n) is 2.68. The molecule has 0 heterocycles. The van der Waals surface area contributed by atoms with Crippen LogP contribution in [0.3, 0.4) is 0 Å². The van der Waals surface area contributed by atoms with Crippen LogP contribution in [0, 0.1) is 0 Å². The molecule has 0 aliphatic carbocycles. The van der Waals surface area contributed by atoms with Crippen molar-refractivity contribution in [1.82, 2.24) is 0 Å². The minimum atomic E-state index is -0.574. The number of aliphatic hydroxyl groups is 2. The van der Waals surface area contributed by atoms with Crippen LogP contribution >= 0.6 is 0 Å². The van der Waals surface area contributed by atoms with E-state index < -0.39 is 12.2 Å². The van der Waals surface area contributed by atoms with E-state index in [2.05, 4.69) is 10.6 Å². The first-order chi connectivity index (χ1) is 16.1. The van der Waals surface area contributed by atoms with Gasteiger partial charge in [0, 0.05) is 11.4 Å². The summed E-state index contributed by atoms with van der Waals surface area (Å²) < 4.78 is 20.0. The van der Waals surface area contributed by atoms with Crippen LogP contribution < -0.4 is 10.6 Å². The van der Waals surface area contributed by atoms with Gasteiger partial charge in [-0.2, -0.15) is 0 Å². The van der Waals surface area contributed by atoms with Crippen molar-refractivity contribution in [2.24, 2.45) is 0 Å². The highest BCUT2D eigenvalue weighted by atomic mass is 16.6. The lowest BCUT2D eigenvalue weighted by molar-refractivity contribution is 0.0571. The van der Waals surface area contributed by atoms with Crippen LogP contribution in [-0.4, -0.2) is 75.3 Å². The number of aliphatic hydroxyl groups excluding tert-OH is 2. The molecule has 0 radical (unpaired) electrons. The topological polar surface area (TPSA) is 136 Å². The van der Waals surface area contributed by atoms with E-state index in [1.165, 1.54) is 0 Å². The lowest BCUT2D eigenvalue weighted by Crippen LogP contribution is -2.17. The number of hydrogen-bond donors (Lipinski definition) is 4. The predicted molar refractivity (Wildman–Crippen MR) is 121 cm³/mol. The van der Waals surface area contributed by atoms with Crippen molar-refractivity contribution in [3.8, 4) is 0 Å². The maximum Gasteiger partial charge on any atom is 0.411 e. The lowest BCUT2D eigenvalue weighted by Gasteiger charge is -2.09. The molecule has 0 aromatic heterocycles. The van der Waals surface area contributed by atoms with Gasteiger partial charge in [-0.25, -0.2) is 9.59 Å². The Kier molecular flexibility index (Phi) is 12.3. The summed E-state index contributed by atoms with van der Waals surface area (Å²) in [5.41, 5.74) is 3.32. The summed E-state index contributed by atoms with van der Waals surface area (Å²) in [7, 11) is 0. The normalized spacial score (nSPS) is 10.5. The number of nitrogens with one attached hydrogen (secondary N) is 2. The number of ether oxygens (including phenoxy) is 4. The van der Waals surface area contributed by atoms with Crippen molar-refractivity contribution in [3.05, 3.63) is 59.7 Å². The van der Waals surface area contributed by atoms with Crippen molar-refractivity contribution in [3.63, 3.8) is 0 Å². The molecular weight excluding hydrogens is 432 g/mol. The summed E-state index contributed by atoms with van der Waals surface area (Å²) in [5.74, 6) is 0. The average Bonchev–Trinajstić information content (AvgIpc) is 2.81. The molecule has 0 aliphatic rings. The van der Waals surface area contributed by atoms with Crippen molar-refractivity contribution < 1.29 is 38.7 Å². The number of benzene rings is 2. The Morgan fingerprint density at radius 3 is 1.36 bits per heavy atom. The highest BCUT2D eigenvalue weighted by Crippen LogP contribution is 2.16. The van der Waals surface area contributed by atoms with Gasteiger partial charge >= 0.3 is 12.2 Å². The van der Waals surface area contributed by atoms with Gasteiger partial charge in [0.25, 0.3) is 0 Å². The van der Waals surface area contributed by atoms with E-state index in [1.54, 1.807) is 24.3 Å². The molecule has 0 fully saturated rings. The van der Waals surface area contributed by atoms with Crippen molar-refractivity contribution in [2.45, 2.75) is 6.42 Å². The van der Waals surface area contributed by atoms with E-state index >= 15 is 0 Å². The zero-order valence-corrected chi connectivity index (χ0v) is 18.3. The van der Waals surface area contributed by atoms with Crippen LogP contribution in [-0.2, 0) is 25.4 Å². The monoisotopic (exact) mass is 462 g/mol. The van der Waals surface area contributed by atoms with Crippen molar-refractivity contribution in [1.29, 1.82) is 0 Å². The third-order valence-electron chi connectivity index (χ3n) is 4.20. The van der Waals surface area contributed by atoms with E-state index in [0.717, 1.165) is 11.1 Å². The molecule has 0 spiro atoms. The summed E-state index contributed by atoms with van der Waals surface area (Å²) in [6.07, 6.45) is -0.468. The van der Waals surface area contributed by atoms with E-state index in [9.17, 15) is 9.59 Å². The molecule has 0 bridgehead atoms. The highest BCUT2D eigenvalue weighted by molar-refractivity contribution is 5.85. The fraction of sp³-hybridized carbons (Fsp3) is 0.391. The van der Waals surface area contributed by atoms with Gasteiger partial charge in [0.15, 0.2) is 0 Å². The maximum absolute atomic E-state index is 11.7. The smallest absolute Gasteiger partial charge is 0.411 e. The van der Waals surface area contributed by atoms with Gasteiger partial charge in [0.05, 0.1) is 39.6 Å². The van der Waals surface area contributed by atoms with E-state index in [1.807, 2.05) is 24.3 Å². The second-order valence-corrected chi connectivity index (χ2v) is 6.76. The second kappa shape index (κ2) is 15.6. The van der Waals surface area contributed by atoms with Crippen LogP contribution in [0.2, 0.25) is 0 Å². The molecular formula is C23H30N2O8. The largest absolute Gasteiger partial charge is 0.447 e. The molecule has 2 aromatic carbocycles. The molecule has 0 aliphatic heterocycles. The van der Waals surface area contributed by atoms with Gasteiger partial charge in [-0.15, -0.1) is 0 Å². The Labute approximate surface area is 192 Å². The van der Waals surface area contributed by atoms with E-state index in [4.69, 9.17) is 29.2 Å². The molecule has 10 heteroatoms. The molecule has 180 valence electrons. The van der Waals surface area contributed by atoms with E-state index in [-0.39, 0.29) is 52.9 Å². The van der Waals surface area contributed by atoms with Crippen LogP contribution in [0.5, 0.6) is 0 Å². The Morgan fingerprint density at radius 1 is 0.606 bits per heavy atom. The summed E-state index contributed by atoms with van der Waals surface area (Å²) >= 11 is 0. The third-order valence-corrected chi connectivity index (χ3v) is 4.20. The first kappa shape index (κ1) is 26.1. The number of amides is 2. The van der Waals surface area contributed by atoms with E-state index in [0.29, 0.717) is 17.8 Å². The standard InChI is InChI=1S/C23H30N2O8/c26-9-11-30-13-15-32-22(28)24-20-5-1-18(2-6-20)17-19-3-7-21(8-4-19)25-23(29)33-16-14-31-12-10-27/h1-8,26-27H,9-17H2,(H,24,28)(H,25,29). The predicted octanol–water partition coefficient (Wildman–Crippen LogP) is 2.39. The van der Waals surface area contributed by atoms with Crippen LogP contribution in [0.25, 0.3) is 0 Å². The maximum atomic E-state index is 11.7. The van der Waals surface area contributed by atoms with Gasteiger partial charge in [-0.05, 0) is 41.8 Å². The lowest BCUT2D eigenvalue weighted by atomic mass is 10.0. The van der Waals surface area contributed by atoms with Gasteiger partial charge in [0.1, 0.15) is 13.2 Å². The number of carbonyl (C=O) groups is 2. The Bertz CT molecular complexity index is 758. The number of hydrogen-bond acceptors (Lipinski definition) is 8.